The van der Waals surface area contributed by atoms with E-state index in [1.165, 1.54) is 13.3 Å². The second-order valence-electron chi connectivity index (χ2n) is 7.83. The molecule has 1 aliphatic rings. The van der Waals surface area contributed by atoms with Gasteiger partial charge in [-0.1, -0.05) is 12.1 Å². The first-order chi connectivity index (χ1) is 13.3. The quantitative estimate of drug-likeness (QED) is 0.512. The van der Waals surface area contributed by atoms with Gasteiger partial charge >= 0.3 is 7.12 Å². The largest absolute Gasteiger partial charge is 0.496 e. The van der Waals surface area contributed by atoms with E-state index in [4.69, 9.17) is 14.0 Å². The summed E-state index contributed by atoms with van der Waals surface area (Å²) in [5.74, 6) is 1.01. The van der Waals surface area contributed by atoms with E-state index in [-0.39, 0.29) is 0 Å². The average molecular weight is 379 g/mol. The Kier molecular flexibility index (Phi) is 4.28. The van der Waals surface area contributed by atoms with Gasteiger partial charge in [-0.3, -0.25) is 4.79 Å². The lowest BCUT2D eigenvalue weighted by Crippen LogP contribution is -2.41. The summed E-state index contributed by atoms with van der Waals surface area (Å²) in [4.78, 5) is 15.5. The Morgan fingerprint density at radius 3 is 2.50 bits per heavy atom. The van der Waals surface area contributed by atoms with E-state index in [2.05, 4.69) is 10.1 Å². The third-order valence-electron chi connectivity index (χ3n) is 5.60. The Morgan fingerprint density at radius 1 is 1.14 bits per heavy atom. The van der Waals surface area contributed by atoms with E-state index >= 15 is 0 Å². The maximum Gasteiger partial charge on any atom is 0.495 e. The number of methoxy groups -OCH3 is 1. The molecule has 28 heavy (non-hydrogen) atoms. The van der Waals surface area contributed by atoms with Crippen molar-refractivity contribution in [3.8, 4) is 11.6 Å². The maximum atomic E-state index is 11.1. The summed E-state index contributed by atoms with van der Waals surface area (Å²) in [6, 6.07) is 7.58. The number of rotatable bonds is 4. The van der Waals surface area contributed by atoms with Crippen LogP contribution in [0.3, 0.4) is 0 Å². The van der Waals surface area contributed by atoms with Crippen molar-refractivity contribution in [2.24, 2.45) is 0 Å². The van der Waals surface area contributed by atoms with Crippen molar-refractivity contribution in [3.63, 3.8) is 0 Å². The summed E-state index contributed by atoms with van der Waals surface area (Å²) in [5, 5.41) is 5.42. The van der Waals surface area contributed by atoms with Crippen molar-refractivity contribution in [2.75, 3.05) is 7.11 Å². The first-order valence-corrected chi connectivity index (χ1v) is 9.09. The minimum Gasteiger partial charge on any atom is -0.496 e. The van der Waals surface area contributed by atoms with Gasteiger partial charge in [0.25, 0.3) is 0 Å². The molecule has 1 saturated heterocycles. The van der Waals surface area contributed by atoms with Gasteiger partial charge in [0.1, 0.15) is 5.75 Å². The van der Waals surface area contributed by atoms with Gasteiger partial charge in [0, 0.05) is 17.6 Å². The number of aromatic nitrogens is 3. The monoisotopic (exact) mass is 379 g/mol. The third kappa shape index (κ3) is 2.80. The fourth-order valence-corrected chi connectivity index (χ4v) is 3.25. The number of ether oxygens (including phenoxy) is 1. The molecule has 1 fully saturated rings. The highest BCUT2D eigenvalue weighted by Gasteiger charge is 2.52. The highest BCUT2D eigenvalue weighted by Crippen LogP contribution is 2.37. The Hall–Kier alpha value is -2.71. The van der Waals surface area contributed by atoms with E-state index in [1.807, 2.05) is 45.9 Å². The van der Waals surface area contributed by atoms with Gasteiger partial charge in [0.05, 0.1) is 35.6 Å². The zero-order valence-corrected chi connectivity index (χ0v) is 16.6. The van der Waals surface area contributed by atoms with Gasteiger partial charge in [-0.2, -0.15) is 5.10 Å². The molecular weight excluding hydrogens is 357 g/mol. The topological polar surface area (TPSA) is 75.5 Å². The van der Waals surface area contributed by atoms with Crippen LogP contribution >= 0.6 is 0 Å². The molecule has 0 radical (unpaired) electrons. The van der Waals surface area contributed by atoms with E-state index in [9.17, 15) is 4.79 Å². The SMILES string of the molecule is COc1cc(-n2ncc3c(B4OC(C)(C)C(C)(C)O4)cccc32)ncc1C=O. The molecule has 1 aliphatic heterocycles. The van der Waals surface area contributed by atoms with Crippen molar-refractivity contribution in [1.29, 1.82) is 0 Å². The summed E-state index contributed by atoms with van der Waals surface area (Å²) in [6.45, 7) is 8.12. The van der Waals surface area contributed by atoms with Crippen LogP contribution in [0.1, 0.15) is 38.1 Å². The lowest BCUT2D eigenvalue weighted by molar-refractivity contribution is 0.00578. The van der Waals surface area contributed by atoms with Crippen LogP contribution in [0.25, 0.3) is 16.7 Å². The molecule has 1 aromatic carbocycles. The minimum absolute atomic E-state index is 0.389. The maximum absolute atomic E-state index is 11.1. The average Bonchev–Trinajstić information content (AvgIpc) is 3.19. The number of hydrogen-bond acceptors (Lipinski definition) is 6. The number of fused-ring (bicyclic) bond motifs is 1. The van der Waals surface area contributed by atoms with Gasteiger partial charge in [-0.25, -0.2) is 9.67 Å². The van der Waals surface area contributed by atoms with E-state index in [1.54, 1.807) is 16.9 Å². The molecule has 0 N–H and O–H groups in total. The van der Waals surface area contributed by atoms with Gasteiger partial charge in [0.15, 0.2) is 12.1 Å². The summed E-state index contributed by atoms with van der Waals surface area (Å²) in [7, 11) is 1.04. The van der Waals surface area contributed by atoms with Gasteiger partial charge in [0.2, 0.25) is 0 Å². The third-order valence-corrected chi connectivity index (χ3v) is 5.60. The van der Waals surface area contributed by atoms with Gasteiger partial charge in [-0.05, 0) is 39.2 Å². The van der Waals surface area contributed by atoms with E-state index in [0.717, 1.165) is 16.4 Å². The predicted molar refractivity (Wildman–Crippen MR) is 107 cm³/mol. The number of carbonyl (C=O) groups excluding carboxylic acids is 1. The van der Waals surface area contributed by atoms with Crippen molar-refractivity contribution in [1.82, 2.24) is 14.8 Å². The highest BCUT2D eigenvalue weighted by atomic mass is 16.7. The lowest BCUT2D eigenvalue weighted by Gasteiger charge is -2.32. The van der Waals surface area contributed by atoms with Crippen LogP contribution in [-0.4, -0.2) is 46.5 Å². The zero-order chi connectivity index (χ0) is 20.1. The predicted octanol–water partition coefficient (Wildman–Crippen LogP) is 2.54. The van der Waals surface area contributed by atoms with Crippen molar-refractivity contribution in [3.05, 3.63) is 42.2 Å². The molecule has 0 spiro atoms. The summed E-state index contributed by atoms with van der Waals surface area (Å²) < 4.78 is 19.4. The molecule has 0 aliphatic carbocycles. The van der Waals surface area contributed by atoms with Crippen LogP contribution < -0.4 is 10.2 Å². The number of hydrogen-bond donors (Lipinski definition) is 0. The number of aldehydes is 1. The highest BCUT2D eigenvalue weighted by molar-refractivity contribution is 6.65. The standard InChI is InChI=1S/C20H22BN3O4/c1-19(2)20(3,4)28-21(27-19)15-7-6-8-16-14(15)11-23-24(16)18-9-17(26-5)13(12-25)10-22-18/h6-12H,1-5H3. The van der Waals surface area contributed by atoms with Crippen molar-refractivity contribution >= 4 is 29.8 Å². The summed E-state index contributed by atoms with van der Waals surface area (Å²) in [6.07, 6.45) is 3.97. The lowest BCUT2D eigenvalue weighted by atomic mass is 9.77. The Labute approximate surface area is 163 Å². The van der Waals surface area contributed by atoms with Gasteiger partial charge in [-0.15, -0.1) is 0 Å². The molecule has 7 nitrogen and oxygen atoms in total. The Balaban J connectivity index is 1.79. The number of nitrogens with zero attached hydrogens (tertiary/aromatic N) is 3. The van der Waals surface area contributed by atoms with Gasteiger partial charge < -0.3 is 14.0 Å². The second-order valence-corrected chi connectivity index (χ2v) is 7.83. The van der Waals surface area contributed by atoms with Crippen LogP contribution in [0.4, 0.5) is 0 Å². The molecule has 4 rings (SSSR count). The van der Waals surface area contributed by atoms with Crippen molar-refractivity contribution < 1.29 is 18.8 Å². The summed E-state index contributed by atoms with van der Waals surface area (Å²) >= 11 is 0. The van der Waals surface area contributed by atoms with Crippen LogP contribution in [0.15, 0.2) is 36.7 Å². The van der Waals surface area contributed by atoms with Crippen LogP contribution in [0, 0.1) is 0 Å². The molecule has 0 unspecified atom stereocenters. The molecule has 2 aromatic heterocycles. The van der Waals surface area contributed by atoms with E-state index in [0.29, 0.717) is 23.4 Å². The summed E-state index contributed by atoms with van der Waals surface area (Å²) in [5.41, 5.74) is 1.32. The first kappa shape index (κ1) is 18.6. The molecular formula is C20H22BN3O4. The molecule has 0 atom stereocenters. The molecule has 3 heterocycles. The fraction of sp³-hybridized carbons (Fsp3) is 0.350. The number of pyridine rings is 1. The first-order valence-electron chi connectivity index (χ1n) is 9.09. The molecule has 0 bridgehead atoms. The molecule has 8 heteroatoms. The molecule has 0 saturated carbocycles. The Morgan fingerprint density at radius 2 is 1.86 bits per heavy atom. The molecule has 3 aromatic rings. The Bertz CT molecular complexity index is 1040. The number of carbonyl (C=O) groups is 1. The minimum atomic E-state index is -0.480. The van der Waals surface area contributed by atoms with Crippen LogP contribution in [-0.2, 0) is 9.31 Å². The van der Waals surface area contributed by atoms with Crippen LogP contribution in [0.5, 0.6) is 5.75 Å². The smallest absolute Gasteiger partial charge is 0.495 e. The van der Waals surface area contributed by atoms with Crippen LogP contribution in [0.2, 0.25) is 0 Å². The second kappa shape index (κ2) is 6.43. The number of benzene rings is 1. The van der Waals surface area contributed by atoms with Crippen molar-refractivity contribution in [2.45, 2.75) is 38.9 Å². The molecule has 144 valence electrons. The normalized spacial score (nSPS) is 17.8. The fourth-order valence-electron chi connectivity index (χ4n) is 3.25. The van der Waals surface area contributed by atoms with E-state index < -0.39 is 18.3 Å². The molecule has 0 amide bonds. The zero-order valence-electron chi connectivity index (χ0n) is 16.6.